The Morgan fingerprint density at radius 2 is 1.64 bits per heavy atom. The number of benzene rings is 1. The number of nitrogens with one attached hydrogen (secondary N) is 3. The Balaban J connectivity index is 1.68. The maximum Gasteiger partial charge on any atom is 0.306 e. The van der Waals surface area contributed by atoms with Crippen LogP contribution < -0.4 is 16.0 Å². The highest BCUT2D eigenvalue weighted by Crippen LogP contribution is 2.55. The molecule has 4 atom stereocenters. The van der Waals surface area contributed by atoms with E-state index in [0.29, 0.717) is 24.9 Å². The molecule has 50 heavy (non-hydrogen) atoms. The summed E-state index contributed by atoms with van der Waals surface area (Å²) in [4.78, 5) is 95.4. The van der Waals surface area contributed by atoms with Gasteiger partial charge in [-0.2, -0.15) is 0 Å². The van der Waals surface area contributed by atoms with Crippen molar-refractivity contribution in [2.75, 3.05) is 33.8 Å². The van der Waals surface area contributed by atoms with Gasteiger partial charge in [0.05, 0.1) is 31.5 Å². The Labute approximate surface area is 295 Å². The molecule has 1 saturated carbocycles. The molecule has 1 spiro atoms. The fraction of sp³-hybridized carbons (Fsp3) is 0.649. The Morgan fingerprint density at radius 1 is 1.00 bits per heavy atom. The molecule has 1 aromatic rings. The molecule has 5 amide bonds. The first kappa shape index (κ1) is 40.1. The number of rotatable bonds is 16. The van der Waals surface area contributed by atoms with Crippen LogP contribution in [-0.2, 0) is 38.3 Å². The van der Waals surface area contributed by atoms with Gasteiger partial charge in [0.25, 0.3) is 5.91 Å². The smallest absolute Gasteiger partial charge is 0.306 e. The van der Waals surface area contributed by atoms with E-state index in [-0.39, 0.29) is 42.6 Å². The number of nitrogens with zero attached hydrogens (tertiary/aromatic N) is 2. The Morgan fingerprint density at radius 3 is 2.18 bits per heavy atom. The molecule has 1 saturated heterocycles. The lowest BCUT2D eigenvalue weighted by atomic mass is 9.77. The number of carbonyl (C=O) groups is 7. The first-order valence-corrected chi connectivity index (χ1v) is 17.5. The molecule has 1 aliphatic carbocycles. The van der Waals surface area contributed by atoms with Crippen molar-refractivity contribution in [3.63, 3.8) is 0 Å². The van der Waals surface area contributed by atoms with Crippen molar-refractivity contribution < 1.29 is 38.3 Å². The van der Waals surface area contributed by atoms with E-state index in [4.69, 9.17) is 4.74 Å². The average Bonchev–Trinajstić information content (AvgIpc) is 3.71. The highest BCUT2D eigenvalue weighted by atomic mass is 16.5. The van der Waals surface area contributed by atoms with Crippen LogP contribution in [0.2, 0.25) is 0 Å². The summed E-state index contributed by atoms with van der Waals surface area (Å²) < 4.78 is 5.39. The summed E-state index contributed by atoms with van der Waals surface area (Å²) in [6.45, 7) is 11.3. The van der Waals surface area contributed by atoms with E-state index >= 15 is 0 Å². The van der Waals surface area contributed by atoms with Gasteiger partial charge in [-0.05, 0) is 48.0 Å². The van der Waals surface area contributed by atoms with E-state index in [1.54, 1.807) is 56.3 Å². The minimum Gasteiger partial charge on any atom is -0.465 e. The van der Waals surface area contributed by atoms with Crippen molar-refractivity contribution in [2.24, 2.45) is 22.7 Å². The Hall–Kier alpha value is -4.29. The van der Waals surface area contributed by atoms with Gasteiger partial charge in [0, 0.05) is 20.6 Å². The maximum atomic E-state index is 14.1. The second-order valence-corrected chi connectivity index (χ2v) is 15.4. The molecule has 1 aromatic carbocycles. The van der Waals surface area contributed by atoms with Crippen LogP contribution in [0.3, 0.4) is 0 Å². The molecule has 2 aliphatic rings. The van der Waals surface area contributed by atoms with Gasteiger partial charge in [0.2, 0.25) is 29.4 Å². The molecule has 1 aliphatic heterocycles. The molecule has 3 rings (SSSR count). The van der Waals surface area contributed by atoms with E-state index in [0.717, 1.165) is 12.8 Å². The molecule has 3 N–H and O–H groups in total. The van der Waals surface area contributed by atoms with Gasteiger partial charge in [-0.1, -0.05) is 78.3 Å². The molecular formula is C37H55N5O8. The Kier molecular flexibility index (Phi) is 13.7. The molecule has 0 bridgehead atoms. The van der Waals surface area contributed by atoms with Gasteiger partial charge in [0.15, 0.2) is 0 Å². The van der Waals surface area contributed by atoms with E-state index < -0.39 is 65.5 Å². The summed E-state index contributed by atoms with van der Waals surface area (Å²) in [5.41, 5.74) is -0.223. The largest absolute Gasteiger partial charge is 0.465 e. The van der Waals surface area contributed by atoms with Gasteiger partial charge >= 0.3 is 5.97 Å². The second-order valence-electron chi connectivity index (χ2n) is 15.4. The van der Waals surface area contributed by atoms with Crippen molar-refractivity contribution in [1.82, 2.24) is 25.8 Å². The first-order chi connectivity index (χ1) is 23.4. The lowest BCUT2D eigenvalue weighted by Crippen LogP contribution is -2.55. The van der Waals surface area contributed by atoms with Crippen molar-refractivity contribution in [1.29, 1.82) is 0 Å². The van der Waals surface area contributed by atoms with E-state index in [9.17, 15) is 33.6 Å². The zero-order valence-corrected chi connectivity index (χ0v) is 30.8. The maximum absolute atomic E-state index is 14.1. The summed E-state index contributed by atoms with van der Waals surface area (Å²) in [6.07, 6.45) is 2.67. The average molecular weight is 698 g/mol. The zero-order valence-electron chi connectivity index (χ0n) is 30.8. The van der Waals surface area contributed by atoms with E-state index in [1.165, 1.54) is 4.90 Å². The quantitative estimate of drug-likeness (QED) is 0.175. The number of hydrogen-bond acceptors (Lipinski definition) is 8. The van der Waals surface area contributed by atoms with E-state index in [2.05, 4.69) is 16.0 Å². The van der Waals surface area contributed by atoms with Gasteiger partial charge in [-0.25, -0.2) is 0 Å². The molecule has 2 fully saturated rings. The summed E-state index contributed by atoms with van der Waals surface area (Å²) >= 11 is 0. The lowest BCUT2D eigenvalue weighted by Gasteiger charge is -2.35. The minimum absolute atomic E-state index is 0.118. The molecule has 0 aromatic heterocycles. The minimum atomic E-state index is -1.18. The number of Topliss-reactive ketones (excluding diaryl/α,β-unsaturated/α-hetero) is 1. The summed E-state index contributed by atoms with van der Waals surface area (Å²) in [5.74, 6) is -4.93. The van der Waals surface area contributed by atoms with Gasteiger partial charge in [-0.3, -0.25) is 33.6 Å². The monoisotopic (exact) mass is 697 g/mol. The molecule has 1 unspecified atom stereocenters. The third kappa shape index (κ3) is 10.9. The third-order valence-corrected chi connectivity index (χ3v) is 9.31. The van der Waals surface area contributed by atoms with Gasteiger partial charge in [0.1, 0.15) is 12.1 Å². The summed E-state index contributed by atoms with van der Waals surface area (Å²) in [5, 5.41) is 7.66. The highest BCUT2D eigenvalue weighted by Gasteiger charge is 2.56. The third-order valence-electron chi connectivity index (χ3n) is 9.31. The SMILES string of the molecule is CCCC(NC(=O)[C@@H]1CC2(CC2)CN1C(=O)[C@@H](CC(=O)OCC(C)C)C(C)(C)C)C(=O)C(=O)NCC(=O)N[C@H](C(=O)N(C)C)c1ccccc1. The van der Waals surface area contributed by atoms with Crippen LogP contribution >= 0.6 is 0 Å². The molecule has 13 nitrogen and oxygen atoms in total. The molecule has 1 heterocycles. The second kappa shape index (κ2) is 17.1. The van der Waals surface area contributed by atoms with Crippen molar-refractivity contribution in [2.45, 2.75) is 98.2 Å². The van der Waals surface area contributed by atoms with Crippen LogP contribution in [0.4, 0.5) is 0 Å². The number of likely N-dealkylation sites (tertiary alicyclic amines) is 1. The Bertz CT molecular complexity index is 1420. The van der Waals surface area contributed by atoms with Gasteiger partial charge in [-0.15, -0.1) is 0 Å². The summed E-state index contributed by atoms with van der Waals surface area (Å²) in [6, 6.07) is 5.60. The molecule has 276 valence electrons. The number of ketones is 1. The van der Waals surface area contributed by atoms with Gasteiger partial charge < -0.3 is 30.5 Å². The standard InChI is InChI=1S/C37H55N5O8/c1-9-13-26(31(45)33(47)38-20-28(43)40-30(35(49)41(7)8)24-14-11-10-12-15-24)39-32(46)27-19-37(16-17-37)22-42(27)34(48)25(36(4,5)6)18-29(44)50-21-23(2)3/h10-12,14-15,23,25-27,30H,9,13,16-22H2,1-8H3,(H,38,47)(H,39,46)(H,40,43)/t25-,26?,27+,30+/m1/s1. The van der Waals surface area contributed by atoms with Crippen LogP contribution in [0.25, 0.3) is 0 Å². The predicted octanol–water partition coefficient (Wildman–Crippen LogP) is 2.54. The van der Waals surface area contributed by atoms with Crippen molar-refractivity contribution >= 4 is 41.3 Å². The van der Waals surface area contributed by atoms with Crippen LogP contribution in [0.15, 0.2) is 30.3 Å². The normalized spacial score (nSPS) is 18.1. The fourth-order valence-corrected chi connectivity index (χ4v) is 6.15. The van der Waals surface area contributed by atoms with Crippen LogP contribution in [0.5, 0.6) is 0 Å². The molecule has 0 radical (unpaired) electrons. The van der Waals surface area contributed by atoms with Crippen LogP contribution in [-0.4, -0.2) is 97.0 Å². The first-order valence-electron chi connectivity index (χ1n) is 17.5. The summed E-state index contributed by atoms with van der Waals surface area (Å²) in [7, 11) is 3.12. The predicted molar refractivity (Wildman–Crippen MR) is 186 cm³/mol. The number of amides is 5. The number of carbonyl (C=O) groups excluding carboxylic acids is 7. The number of likely N-dealkylation sites (N-methyl/N-ethyl adjacent to an activating group) is 1. The number of hydrogen-bond donors (Lipinski definition) is 3. The number of esters is 1. The fourth-order valence-electron chi connectivity index (χ4n) is 6.15. The molecule has 13 heteroatoms. The lowest BCUT2D eigenvalue weighted by molar-refractivity contribution is -0.154. The van der Waals surface area contributed by atoms with Crippen LogP contribution in [0.1, 0.15) is 91.7 Å². The van der Waals surface area contributed by atoms with E-state index in [1.807, 2.05) is 34.6 Å². The number of ether oxygens (including phenoxy) is 1. The highest BCUT2D eigenvalue weighted by molar-refractivity contribution is 6.38. The van der Waals surface area contributed by atoms with Crippen molar-refractivity contribution in [3.05, 3.63) is 35.9 Å². The molecular weight excluding hydrogens is 642 g/mol. The zero-order chi connectivity index (χ0) is 37.4. The van der Waals surface area contributed by atoms with Crippen molar-refractivity contribution in [3.8, 4) is 0 Å². The topological polar surface area (TPSA) is 171 Å². The van der Waals surface area contributed by atoms with Crippen LogP contribution in [0, 0.1) is 22.7 Å².